The van der Waals surface area contributed by atoms with Crippen LogP contribution in [0.5, 0.6) is 0 Å². The van der Waals surface area contributed by atoms with Crippen LogP contribution in [0, 0.1) is 11.5 Å². The van der Waals surface area contributed by atoms with Crippen LogP contribution in [0.1, 0.15) is 5.56 Å². The molecule has 1 nitrogen and oxygen atoms in total. The van der Waals surface area contributed by atoms with Crippen molar-refractivity contribution in [1.29, 1.82) is 0 Å². The van der Waals surface area contributed by atoms with E-state index >= 15 is 0 Å². The molecule has 0 unspecified atom stereocenters. The van der Waals surface area contributed by atoms with Crippen LogP contribution in [-0.2, 0) is 0 Å². The molecule has 0 heterocycles. The normalized spacial score (nSPS) is 10.7. The van der Waals surface area contributed by atoms with Crippen molar-refractivity contribution in [2.24, 2.45) is 0 Å². The Kier molecular flexibility index (Phi) is 5.10. The second-order valence-corrected chi connectivity index (χ2v) is 10.2. The summed E-state index contributed by atoms with van der Waals surface area (Å²) < 4.78 is 0. The highest BCUT2D eigenvalue weighted by molar-refractivity contribution is 7.16. The third-order valence-corrected chi connectivity index (χ3v) is 9.02. The van der Waals surface area contributed by atoms with E-state index in [2.05, 4.69) is 102 Å². The van der Waals surface area contributed by atoms with Crippen LogP contribution in [0.15, 0.2) is 115 Å². The predicted octanol–water partition coefficient (Wildman–Crippen LogP) is 3.33. The molecule has 0 aromatic heterocycles. The fraction of sp³-hybridized carbons (Fsp3) is 0. The standard InChI is InChI=1S/C26H21NSi/c27-23-18-16-22(17-19-23)20-21-28(24-10-4-1-5-11-24,25-12-6-2-7-13-25)26-14-8-3-9-15-26/h1-19H,27H2. The minimum absolute atomic E-state index is 0.753. The maximum Gasteiger partial charge on any atom is 0.230 e. The molecule has 134 valence electrons. The lowest BCUT2D eigenvalue weighted by molar-refractivity contribution is 1.63. The largest absolute Gasteiger partial charge is 0.399 e. The third-order valence-electron chi connectivity index (χ3n) is 4.93. The Labute approximate surface area is 167 Å². The summed E-state index contributed by atoms with van der Waals surface area (Å²) in [4.78, 5) is 0. The first-order chi connectivity index (χ1) is 13.8. The molecule has 0 spiro atoms. The molecule has 0 aliphatic rings. The molecule has 28 heavy (non-hydrogen) atoms. The van der Waals surface area contributed by atoms with Gasteiger partial charge in [-0.25, -0.2) is 0 Å². The van der Waals surface area contributed by atoms with Crippen LogP contribution in [-0.4, -0.2) is 8.07 Å². The molecule has 2 N–H and O–H groups in total. The smallest absolute Gasteiger partial charge is 0.230 e. The van der Waals surface area contributed by atoms with Gasteiger partial charge in [0.25, 0.3) is 0 Å². The number of hydrogen-bond donors (Lipinski definition) is 1. The Hall–Kier alpha value is -3.54. The lowest BCUT2D eigenvalue weighted by atomic mass is 10.2. The van der Waals surface area contributed by atoms with E-state index in [9.17, 15) is 0 Å². The summed E-state index contributed by atoms with van der Waals surface area (Å²) in [5.41, 5.74) is 11.3. The van der Waals surface area contributed by atoms with Crippen molar-refractivity contribution in [3.8, 4) is 11.5 Å². The Morgan fingerprint density at radius 3 is 1.29 bits per heavy atom. The van der Waals surface area contributed by atoms with Crippen molar-refractivity contribution in [3.63, 3.8) is 0 Å². The van der Waals surface area contributed by atoms with Gasteiger partial charge in [-0.05, 0) is 39.8 Å². The van der Waals surface area contributed by atoms with Gasteiger partial charge in [0.2, 0.25) is 8.07 Å². The molecule has 0 bridgehead atoms. The van der Waals surface area contributed by atoms with Crippen LogP contribution in [0.3, 0.4) is 0 Å². The predicted molar refractivity (Wildman–Crippen MR) is 122 cm³/mol. The Morgan fingerprint density at radius 2 is 0.893 bits per heavy atom. The number of hydrogen-bond acceptors (Lipinski definition) is 1. The van der Waals surface area contributed by atoms with Crippen molar-refractivity contribution in [2.45, 2.75) is 0 Å². The highest BCUT2D eigenvalue weighted by Gasteiger charge is 2.38. The van der Waals surface area contributed by atoms with Gasteiger partial charge in [-0.15, -0.1) is 5.54 Å². The summed E-state index contributed by atoms with van der Waals surface area (Å²) in [6.07, 6.45) is 0. The number of benzene rings is 4. The van der Waals surface area contributed by atoms with Gasteiger partial charge in [0.05, 0.1) is 0 Å². The first kappa shape index (κ1) is 17.9. The summed E-state index contributed by atoms with van der Waals surface area (Å²) in [6.45, 7) is 0. The minimum Gasteiger partial charge on any atom is -0.399 e. The Balaban J connectivity index is 2.00. The lowest BCUT2D eigenvalue weighted by Gasteiger charge is -2.28. The monoisotopic (exact) mass is 375 g/mol. The summed E-state index contributed by atoms with van der Waals surface area (Å²) in [5, 5.41) is 3.86. The van der Waals surface area contributed by atoms with E-state index in [4.69, 9.17) is 5.73 Å². The van der Waals surface area contributed by atoms with Crippen LogP contribution in [0.25, 0.3) is 0 Å². The molecule has 0 atom stereocenters. The van der Waals surface area contributed by atoms with E-state index in [1.165, 1.54) is 15.6 Å². The van der Waals surface area contributed by atoms with E-state index in [1.807, 2.05) is 24.3 Å². The number of nitrogen functional groups attached to an aromatic ring is 1. The molecule has 0 fully saturated rings. The zero-order chi connectivity index (χ0) is 19.2. The SMILES string of the molecule is Nc1ccc(C#C[Si](c2ccccc2)(c2ccccc2)c2ccccc2)cc1. The van der Waals surface area contributed by atoms with E-state index in [0.29, 0.717) is 0 Å². The van der Waals surface area contributed by atoms with Crippen molar-refractivity contribution in [3.05, 3.63) is 121 Å². The number of anilines is 1. The minimum atomic E-state index is -2.51. The third kappa shape index (κ3) is 3.49. The summed E-state index contributed by atoms with van der Waals surface area (Å²) in [7, 11) is -2.51. The molecule has 4 aromatic rings. The zero-order valence-electron chi connectivity index (χ0n) is 15.5. The first-order valence-electron chi connectivity index (χ1n) is 9.34. The maximum absolute atomic E-state index is 5.84. The van der Waals surface area contributed by atoms with Crippen LogP contribution in [0.4, 0.5) is 5.69 Å². The van der Waals surface area contributed by atoms with Crippen molar-refractivity contribution >= 4 is 29.3 Å². The first-order valence-corrected chi connectivity index (χ1v) is 11.3. The molecule has 0 amide bonds. The van der Waals surface area contributed by atoms with Gasteiger partial charge in [-0.2, -0.15) is 0 Å². The van der Waals surface area contributed by atoms with Gasteiger partial charge in [-0.1, -0.05) is 96.9 Å². The average Bonchev–Trinajstić information content (AvgIpc) is 2.78. The van der Waals surface area contributed by atoms with Crippen LogP contribution >= 0.6 is 0 Å². The lowest BCUT2D eigenvalue weighted by Crippen LogP contribution is -2.66. The number of nitrogens with two attached hydrogens (primary N) is 1. The highest BCUT2D eigenvalue weighted by Crippen LogP contribution is 2.09. The van der Waals surface area contributed by atoms with Gasteiger partial charge in [0.1, 0.15) is 0 Å². The molecule has 4 aromatic carbocycles. The second kappa shape index (κ2) is 8.00. The van der Waals surface area contributed by atoms with Crippen LogP contribution < -0.4 is 21.3 Å². The molecule has 0 radical (unpaired) electrons. The number of rotatable bonds is 3. The van der Waals surface area contributed by atoms with E-state index in [0.717, 1.165) is 11.3 Å². The Bertz CT molecular complexity index is 997. The van der Waals surface area contributed by atoms with Gasteiger partial charge < -0.3 is 5.73 Å². The van der Waals surface area contributed by atoms with Gasteiger partial charge >= 0.3 is 0 Å². The van der Waals surface area contributed by atoms with Gasteiger partial charge in [-0.3, -0.25) is 0 Å². The van der Waals surface area contributed by atoms with Crippen molar-refractivity contribution in [1.82, 2.24) is 0 Å². The topological polar surface area (TPSA) is 26.0 Å². The molecule has 0 aliphatic heterocycles. The highest BCUT2D eigenvalue weighted by atomic mass is 28.3. The summed E-state index contributed by atoms with van der Waals surface area (Å²) in [6, 6.07) is 39.9. The average molecular weight is 376 g/mol. The molecule has 0 aliphatic carbocycles. The summed E-state index contributed by atoms with van der Waals surface area (Å²) in [5.74, 6) is 3.46. The Morgan fingerprint density at radius 1 is 0.500 bits per heavy atom. The molecule has 0 saturated heterocycles. The zero-order valence-corrected chi connectivity index (χ0v) is 16.5. The second-order valence-electron chi connectivity index (χ2n) is 6.72. The summed E-state index contributed by atoms with van der Waals surface area (Å²) >= 11 is 0. The van der Waals surface area contributed by atoms with Crippen molar-refractivity contribution < 1.29 is 0 Å². The fourth-order valence-electron chi connectivity index (χ4n) is 3.51. The van der Waals surface area contributed by atoms with E-state index in [-0.39, 0.29) is 0 Å². The fourth-order valence-corrected chi connectivity index (χ4v) is 7.36. The molecule has 0 saturated carbocycles. The molecule has 2 heteroatoms. The molecular formula is C26H21NSi. The maximum atomic E-state index is 5.84. The van der Waals surface area contributed by atoms with Gasteiger partial charge in [0, 0.05) is 11.3 Å². The van der Waals surface area contributed by atoms with E-state index in [1.54, 1.807) is 0 Å². The van der Waals surface area contributed by atoms with Crippen molar-refractivity contribution in [2.75, 3.05) is 5.73 Å². The molecule has 4 rings (SSSR count). The quantitative estimate of drug-likeness (QED) is 0.253. The van der Waals surface area contributed by atoms with E-state index < -0.39 is 8.07 Å². The van der Waals surface area contributed by atoms with Gasteiger partial charge in [0.15, 0.2) is 0 Å². The molecular weight excluding hydrogens is 354 g/mol. The van der Waals surface area contributed by atoms with Crippen LogP contribution in [0.2, 0.25) is 0 Å².